The van der Waals surface area contributed by atoms with Crippen LogP contribution in [0.15, 0.2) is 24.3 Å². The molecule has 0 saturated heterocycles. The van der Waals surface area contributed by atoms with Crippen LogP contribution < -0.4 is 0 Å². The summed E-state index contributed by atoms with van der Waals surface area (Å²) in [5.74, 6) is -1.36. The maximum Gasteiger partial charge on any atom is 0.323 e. The summed E-state index contributed by atoms with van der Waals surface area (Å²) < 4.78 is 0. The number of likely N-dealkylation sites (N-methyl/N-ethyl adjacent to an activating group) is 1. The number of H-pyrrole nitrogens is 1. The zero-order valence-electron chi connectivity index (χ0n) is 12.7. The molecule has 0 aliphatic carbocycles. The molecule has 21 heavy (non-hydrogen) atoms. The van der Waals surface area contributed by atoms with E-state index in [0.29, 0.717) is 5.69 Å². The molecule has 2 aromatic rings. The number of benzene rings is 1. The predicted molar refractivity (Wildman–Crippen MR) is 81.6 cm³/mol. The normalized spacial score (nSPS) is 11.6. The summed E-state index contributed by atoms with van der Waals surface area (Å²) in [6, 6.07) is 7.80. The van der Waals surface area contributed by atoms with Crippen molar-refractivity contribution in [2.45, 2.75) is 26.2 Å². The Morgan fingerprint density at radius 1 is 1.24 bits per heavy atom. The Morgan fingerprint density at radius 3 is 2.48 bits per heavy atom. The third kappa shape index (κ3) is 3.24. The van der Waals surface area contributed by atoms with Gasteiger partial charge in [-0.2, -0.15) is 0 Å². The van der Waals surface area contributed by atoms with Gasteiger partial charge in [-0.25, -0.2) is 0 Å². The van der Waals surface area contributed by atoms with Crippen molar-refractivity contribution in [3.05, 3.63) is 35.5 Å². The number of aromatic amines is 1. The van der Waals surface area contributed by atoms with Crippen LogP contribution in [0.3, 0.4) is 0 Å². The molecule has 0 aliphatic heterocycles. The number of nitrogens with one attached hydrogen (secondary N) is 1. The summed E-state index contributed by atoms with van der Waals surface area (Å²) in [4.78, 5) is 27.1. The van der Waals surface area contributed by atoms with Crippen molar-refractivity contribution in [2.24, 2.45) is 0 Å². The summed E-state index contributed by atoms with van der Waals surface area (Å²) in [5.41, 5.74) is 2.49. The molecule has 2 N–H and O–H groups in total. The number of rotatable bonds is 3. The molecule has 0 saturated carbocycles. The Bertz CT molecular complexity index is 695. The van der Waals surface area contributed by atoms with Crippen LogP contribution in [0.1, 0.15) is 36.8 Å². The van der Waals surface area contributed by atoms with Crippen molar-refractivity contribution >= 4 is 22.8 Å². The monoisotopic (exact) mass is 288 g/mol. The van der Waals surface area contributed by atoms with Crippen LogP contribution in [0, 0.1) is 0 Å². The molecule has 0 fully saturated rings. The molecule has 2 rings (SSSR count). The number of carboxylic acids is 1. The molecular formula is C16H20N2O3. The van der Waals surface area contributed by atoms with Gasteiger partial charge in [-0.05, 0) is 23.1 Å². The number of aliphatic carboxylic acids is 1. The van der Waals surface area contributed by atoms with Crippen LogP contribution in [-0.2, 0) is 10.2 Å². The minimum Gasteiger partial charge on any atom is -0.480 e. The van der Waals surface area contributed by atoms with Crippen LogP contribution in [0.4, 0.5) is 0 Å². The van der Waals surface area contributed by atoms with E-state index in [9.17, 15) is 9.59 Å². The number of fused-ring (bicyclic) bond motifs is 1. The second kappa shape index (κ2) is 5.24. The largest absolute Gasteiger partial charge is 0.480 e. The van der Waals surface area contributed by atoms with E-state index < -0.39 is 5.97 Å². The summed E-state index contributed by atoms with van der Waals surface area (Å²) in [6.07, 6.45) is 0. The van der Waals surface area contributed by atoms with Gasteiger partial charge in [-0.15, -0.1) is 0 Å². The fraction of sp³-hybridized carbons (Fsp3) is 0.375. The van der Waals surface area contributed by atoms with E-state index in [1.54, 1.807) is 6.07 Å². The average molecular weight is 288 g/mol. The van der Waals surface area contributed by atoms with Crippen molar-refractivity contribution in [3.63, 3.8) is 0 Å². The van der Waals surface area contributed by atoms with Gasteiger partial charge >= 0.3 is 5.97 Å². The second-order valence-electron chi connectivity index (χ2n) is 6.29. The Hall–Kier alpha value is -2.30. The Kier molecular flexibility index (Phi) is 3.77. The van der Waals surface area contributed by atoms with Gasteiger partial charge in [0.05, 0.1) is 0 Å². The number of carboxylic acid groups (broad SMARTS) is 1. The smallest absolute Gasteiger partial charge is 0.323 e. The molecule has 0 atom stereocenters. The molecule has 1 aromatic heterocycles. The molecule has 1 heterocycles. The fourth-order valence-electron chi connectivity index (χ4n) is 2.19. The van der Waals surface area contributed by atoms with Crippen molar-refractivity contribution in [2.75, 3.05) is 13.6 Å². The Labute approximate surface area is 123 Å². The maximum atomic E-state index is 12.2. The van der Waals surface area contributed by atoms with E-state index in [-0.39, 0.29) is 17.9 Å². The average Bonchev–Trinajstić information content (AvgIpc) is 2.78. The lowest BCUT2D eigenvalue weighted by atomic mass is 9.87. The van der Waals surface area contributed by atoms with E-state index in [0.717, 1.165) is 10.9 Å². The summed E-state index contributed by atoms with van der Waals surface area (Å²) in [7, 11) is 1.47. The fourth-order valence-corrected chi connectivity index (χ4v) is 2.19. The molecule has 1 aromatic carbocycles. The molecular weight excluding hydrogens is 268 g/mol. The van der Waals surface area contributed by atoms with E-state index in [4.69, 9.17) is 5.11 Å². The molecule has 5 nitrogen and oxygen atoms in total. The molecule has 0 aliphatic rings. The van der Waals surface area contributed by atoms with E-state index in [1.165, 1.54) is 17.5 Å². The van der Waals surface area contributed by atoms with Crippen molar-refractivity contribution in [1.82, 2.24) is 9.88 Å². The van der Waals surface area contributed by atoms with Gasteiger partial charge in [0.15, 0.2) is 0 Å². The third-order valence-corrected chi connectivity index (χ3v) is 3.44. The highest BCUT2D eigenvalue weighted by molar-refractivity contribution is 5.99. The van der Waals surface area contributed by atoms with Crippen LogP contribution in [0.2, 0.25) is 0 Å². The van der Waals surface area contributed by atoms with Gasteiger partial charge < -0.3 is 15.0 Å². The van der Waals surface area contributed by atoms with Crippen molar-refractivity contribution in [1.29, 1.82) is 0 Å². The standard InChI is InChI=1S/C16H20N2O3/c1-16(2,3)11-6-5-10-7-13(17-12(10)8-11)15(21)18(4)9-14(19)20/h5-8,17H,9H2,1-4H3,(H,19,20). The first-order chi connectivity index (χ1) is 9.68. The molecule has 112 valence electrons. The molecule has 1 amide bonds. The summed E-state index contributed by atoms with van der Waals surface area (Å²) in [5, 5.41) is 9.68. The molecule has 5 heteroatoms. The number of hydrogen-bond donors (Lipinski definition) is 2. The van der Waals surface area contributed by atoms with Gasteiger partial charge in [0.25, 0.3) is 5.91 Å². The van der Waals surface area contributed by atoms with Gasteiger partial charge in [0, 0.05) is 18.0 Å². The second-order valence-corrected chi connectivity index (χ2v) is 6.29. The zero-order valence-corrected chi connectivity index (χ0v) is 12.7. The van der Waals surface area contributed by atoms with E-state index in [2.05, 4.69) is 25.8 Å². The maximum absolute atomic E-state index is 12.2. The highest BCUT2D eigenvalue weighted by atomic mass is 16.4. The summed E-state index contributed by atoms with van der Waals surface area (Å²) in [6.45, 7) is 6.07. The first-order valence-electron chi connectivity index (χ1n) is 6.79. The molecule has 0 bridgehead atoms. The van der Waals surface area contributed by atoms with Gasteiger partial charge in [0.2, 0.25) is 0 Å². The number of carbonyl (C=O) groups is 2. The highest BCUT2D eigenvalue weighted by Crippen LogP contribution is 2.26. The Morgan fingerprint density at radius 2 is 1.90 bits per heavy atom. The molecule has 0 radical (unpaired) electrons. The van der Waals surface area contributed by atoms with Gasteiger partial charge in [0.1, 0.15) is 12.2 Å². The molecule has 0 unspecified atom stereocenters. The minimum atomic E-state index is -1.03. The van der Waals surface area contributed by atoms with E-state index in [1.807, 2.05) is 18.2 Å². The van der Waals surface area contributed by atoms with Gasteiger partial charge in [-0.1, -0.05) is 32.9 Å². The minimum absolute atomic E-state index is 0.0313. The SMILES string of the molecule is CN(CC(=O)O)C(=O)c1cc2ccc(C(C)(C)C)cc2[nH]1. The van der Waals surface area contributed by atoms with Crippen LogP contribution >= 0.6 is 0 Å². The number of aromatic nitrogens is 1. The number of carbonyl (C=O) groups excluding carboxylic acids is 1. The lowest BCUT2D eigenvalue weighted by molar-refractivity contribution is -0.137. The van der Waals surface area contributed by atoms with Crippen molar-refractivity contribution in [3.8, 4) is 0 Å². The van der Waals surface area contributed by atoms with Crippen LogP contribution in [0.5, 0.6) is 0 Å². The first kappa shape index (κ1) is 15.1. The topological polar surface area (TPSA) is 73.4 Å². The quantitative estimate of drug-likeness (QED) is 0.911. The Balaban J connectivity index is 2.35. The lowest BCUT2D eigenvalue weighted by Crippen LogP contribution is -2.32. The number of hydrogen-bond acceptors (Lipinski definition) is 2. The van der Waals surface area contributed by atoms with E-state index >= 15 is 0 Å². The number of amides is 1. The van der Waals surface area contributed by atoms with Crippen LogP contribution in [0.25, 0.3) is 10.9 Å². The first-order valence-corrected chi connectivity index (χ1v) is 6.79. The lowest BCUT2D eigenvalue weighted by Gasteiger charge is -2.18. The zero-order chi connectivity index (χ0) is 15.8. The molecule has 0 spiro atoms. The number of nitrogens with zero attached hydrogens (tertiary/aromatic N) is 1. The third-order valence-electron chi connectivity index (χ3n) is 3.44. The van der Waals surface area contributed by atoms with Crippen LogP contribution in [-0.4, -0.2) is 40.5 Å². The van der Waals surface area contributed by atoms with Gasteiger partial charge in [-0.3, -0.25) is 9.59 Å². The predicted octanol–water partition coefficient (Wildman–Crippen LogP) is 2.62. The summed E-state index contributed by atoms with van der Waals surface area (Å²) >= 11 is 0. The highest BCUT2D eigenvalue weighted by Gasteiger charge is 2.18. The van der Waals surface area contributed by atoms with Crippen molar-refractivity contribution < 1.29 is 14.7 Å².